The molecule has 0 saturated heterocycles. The maximum atomic E-state index is 12.4. The van der Waals surface area contributed by atoms with Crippen LogP contribution in [-0.4, -0.2) is 26.2 Å². The number of H-pyrrole nitrogens is 1. The molecule has 3 N–H and O–H groups in total. The largest absolute Gasteiger partial charge is 0.493 e. The lowest BCUT2D eigenvalue weighted by Crippen LogP contribution is -2.25. The quantitative estimate of drug-likeness (QED) is 0.577. The molecule has 0 radical (unpaired) electrons. The lowest BCUT2D eigenvalue weighted by Gasteiger charge is -2.14. The summed E-state index contributed by atoms with van der Waals surface area (Å²) in [7, 11) is 0. The maximum Gasteiger partial charge on any atom is 0.255 e. The fourth-order valence-electron chi connectivity index (χ4n) is 2.21. The molecule has 0 aliphatic carbocycles. The van der Waals surface area contributed by atoms with E-state index in [0.717, 1.165) is 34.6 Å². The number of rotatable bonds is 5. The molecule has 1 amide bonds. The van der Waals surface area contributed by atoms with E-state index in [0.29, 0.717) is 6.42 Å². The van der Waals surface area contributed by atoms with Gasteiger partial charge in [0.2, 0.25) is 11.8 Å². The van der Waals surface area contributed by atoms with E-state index in [4.69, 9.17) is 0 Å². The van der Waals surface area contributed by atoms with Gasteiger partial charge in [-0.1, -0.05) is 24.8 Å². The fourth-order valence-corrected chi connectivity index (χ4v) is 3.11. The number of amides is 1. The Labute approximate surface area is 138 Å². The van der Waals surface area contributed by atoms with Gasteiger partial charge in [-0.05, 0) is 43.5 Å². The summed E-state index contributed by atoms with van der Waals surface area (Å²) in [6, 6.07) is 6.82. The summed E-state index contributed by atoms with van der Waals surface area (Å²) >= 11 is 1.11. The summed E-state index contributed by atoms with van der Waals surface area (Å²) in [5, 5.41) is 12.0. The van der Waals surface area contributed by atoms with Gasteiger partial charge in [0.25, 0.3) is 5.56 Å². The number of hydrogen-bond donors (Lipinski definition) is 3. The van der Waals surface area contributed by atoms with Crippen LogP contribution in [0.2, 0.25) is 0 Å². The Morgan fingerprint density at radius 2 is 1.96 bits per heavy atom. The molecule has 1 unspecified atom stereocenters. The minimum absolute atomic E-state index is 0.173. The lowest BCUT2D eigenvalue weighted by atomic mass is 10.1. The molecule has 0 fully saturated rings. The summed E-state index contributed by atoms with van der Waals surface area (Å²) in [6.45, 7) is 5.81. The highest BCUT2D eigenvalue weighted by atomic mass is 32.2. The first-order valence-electron chi connectivity index (χ1n) is 7.23. The van der Waals surface area contributed by atoms with E-state index >= 15 is 0 Å². The van der Waals surface area contributed by atoms with E-state index in [9.17, 15) is 14.7 Å². The summed E-state index contributed by atoms with van der Waals surface area (Å²) < 4.78 is 0. The zero-order valence-corrected chi connectivity index (χ0v) is 14.0. The first kappa shape index (κ1) is 17.1. The Bertz CT molecular complexity index is 753. The van der Waals surface area contributed by atoms with Crippen LogP contribution in [0.4, 0.5) is 5.69 Å². The summed E-state index contributed by atoms with van der Waals surface area (Å²) in [4.78, 5) is 30.1. The van der Waals surface area contributed by atoms with E-state index in [2.05, 4.69) is 15.3 Å². The molecule has 0 aliphatic heterocycles. The first-order chi connectivity index (χ1) is 10.9. The van der Waals surface area contributed by atoms with E-state index in [1.807, 2.05) is 39.0 Å². The van der Waals surface area contributed by atoms with Gasteiger partial charge < -0.3 is 15.4 Å². The Kier molecular flexibility index (Phi) is 5.44. The monoisotopic (exact) mass is 333 g/mol. The number of aryl methyl sites for hydroxylation is 2. The van der Waals surface area contributed by atoms with Crippen LogP contribution in [0.5, 0.6) is 5.88 Å². The van der Waals surface area contributed by atoms with Crippen LogP contribution in [0.25, 0.3) is 0 Å². The van der Waals surface area contributed by atoms with Gasteiger partial charge in [0.1, 0.15) is 0 Å². The molecule has 1 aromatic heterocycles. The Morgan fingerprint density at radius 1 is 1.30 bits per heavy atom. The van der Waals surface area contributed by atoms with Gasteiger partial charge in [0.15, 0.2) is 5.16 Å². The summed E-state index contributed by atoms with van der Waals surface area (Å²) in [5.74, 6) is -0.533. The number of carbonyl (C=O) groups excluding carboxylic acids is 1. The molecule has 0 spiro atoms. The second-order valence-corrected chi connectivity index (χ2v) is 6.48. The Hall–Kier alpha value is -2.28. The molecule has 1 heterocycles. The number of aromatic amines is 1. The molecular formula is C16H19N3O3S. The van der Waals surface area contributed by atoms with Crippen molar-refractivity contribution in [3.63, 3.8) is 0 Å². The zero-order chi connectivity index (χ0) is 17.0. The standard InChI is InChI=1S/C16H19N3O3S/c1-4-12(23-16-18-13(20)8-14(21)19-16)15(22)17-11-6-9(2)5-10(3)7-11/h5-8,12H,4H2,1-3H3,(H,17,22)(H2,18,19,20,21). The van der Waals surface area contributed by atoms with E-state index in [1.54, 1.807) is 0 Å². The highest BCUT2D eigenvalue weighted by molar-refractivity contribution is 8.00. The van der Waals surface area contributed by atoms with E-state index in [-0.39, 0.29) is 16.9 Å². The second kappa shape index (κ2) is 7.32. The second-order valence-electron chi connectivity index (χ2n) is 5.29. The van der Waals surface area contributed by atoms with Gasteiger partial charge in [-0.15, -0.1) is 0 Å². The van der Waals surface area contributed by atoms with Gasteiger partial charge >= 0.3 is 0 Å². The van der Waals surface area contributed by atoms with Gasteiger partial charge in [-0.25, -0.2) is 0 Å². The van der Waals surface area contributed by atoms with Crippen LogP contribution < -0.4 is 10.9 Å². The minimum Gasteiger partial charge on any atom is -0.493 e. The maximum absolute atomic E-state index is 12.4. The first-order valence-corrected chi connectivity index (χ1v) is 8.11. The molecular weight excluding hydrogens is 314 g/mol. The van der Waals surface area contributed by atoms with Crippen LogP contribution >= 0.6 is 11.8 Å². The molecule has 122 valence electrons. The van der Waals surface area contributed by atoms with Crippen molar-refractivity contribution in [2.75, 3.05) is 5.32 Å². The third-order valence-electron chi connectivity index (χ3n) is 3.11. The number of nitrogens with zero attached hydrogens (tertiary/aromatic N) is 1. The van der Waals surface area contributed by atoms with Crippen LogP contribution in [0.3, 0.4) is 0 Å². The molecule has 0 aliphatic rings. The number of aromatic hydroxyl groups is 1. The van der Waals surface area contributed by atoms with Crippen molar-refractivity contribution in [2.24, 2.45) is 0 Å². The summed E-state index contributed by atoms with van der Waals surface area (Å²) in [5.41, 5.74) is 2.42. The minimum atomic E-state index is -0.454. The van der Waals surface area contributed by atoms with Crippen LogP contribution in [0.15, 0.2) is 34.2 Å². The van der Waals surface area contributed by atoms with Crippen molar-refractivity contribution < 1.29 is 9.90 Å². The fraction of sp³-hybridized carbons (Fsp3) is 0.312. The van der Waals surface area contributed by atoms with Crippen molar-refractivity contribution in [1.29, 1.82) is 0 Å². The van der Waals surface area contributed by atoms with Crippen LogP contribution in [-0.2, 0) is 4.79 Å². The molecule has 0 saturated carbocycles. The molecule has 1 atom stereocenters. The number of aromatic nitrogens is 2. The predicted molar refractivity (Wildman–Crippen MR) is 91.0 cm³/mol. The van der Waals surface area contributed by atoms with E-state index in [1.165, 1.54) is 0 Å². The van der Waals surface area contributed by atoms with Crippen LogP contribution in [0, 0.1) is 13.8 Å². The van der Waals surface area contributed by atoms with Gasteiger partial charge in [-0.2, -0.15) is 4.98 Å². The topological polar surface area (TPSA) is 95.1 Å². The smallest absolute Gasteiger partial charge is 0.255 e. The number of anilines is 1. The third kappa shape index (κ3) is 4.85. The van der Waals surface area contributed by atoms with Crippen molar-refractivity contribution in [3.8, 4) is 5.88 Å². The van der Waals surface area contributed by atoms with E-state index < -0.39 is 10.8 Å². The third-order valence-corrected chi connectivity index (χ3v) is 4.36. The number of carbonyl (C=O) groups is 1. The number of nitrogens with one attached hydrogen (secondary N) is 2. The molecule has 0 bridgehead atoms. The summed E-state index contributed by atoms with van der Waals surface area (Å²) in [6.07, 6.45) is 0.556. The highest BCUT2D eigenvalue weighted by Crippen LogP contribution is 2.24. The van der Waals surface area contributed by atoms with Crippen molar-refractivity contribution in [3.05, 3.63) is 45.7 Å². The average molecular weight is 333 g/mol. The van der Waals surface area contributed by atoms with Gasteiger partial charge in [0, 0.05) is 5.69 Å². The number of benzene rings is 1. The molecule has 7 heteroatoms. The zero-order valence-electron chi connectivity index (χ0n) is 13.2. The Morgan fingerprint density at radius 3 is 2.52 bits per heavy atom. The molecule has 2 aromatic rings. The SMILES string of the molecule is CCC(Sc1nc(O)cc(=O)[nH]1)C(=O)Nc1cc(C)cc(C)c1. The lowest BCUT2D eigenvalue weighted by molar-refractivity contribution is -0.115. The van der Waals surface area contributed by atoms with Gasteiger partial charge in [-0.3, -0.25) is 9.59 Å². The number of thioether (sulfide) groups is 1. The Balaban J connectivity index is 2.13. The predicted octanol–water partition coefficient (Wildman–Crippen LogP) is 2.60. The molecule has 6 nitrogen and oxygen atoms in total. The average Bonchev–Trinajstić information content (AvgIpc) is 2.42. The highest BCUT2D eigenvalue weighted by Gasteiger charge is 2.20. The van der Waals surface area contributed by atoms with Crippen molar-refractivity contribution in [1.82, 2.24) is 9.97 Å². The normalized spacial score (nSPS) is 12.0. The van der Waals surface area contributed by atoms with Crippen molar-refractivity contribution >= 4 is 23.4 Å². The van der Waals surface area contributed by atoms with Crippen LogP contribution in [0.1, 0.15) is 24.5 Å². The molecule has 1 aromatic carbocycles. The van der Waals surface area contributed by atoms with Crippen molar-refractivity contribution in [2.45, 2.75) is 37.6 Å². The molecule has 2 rings (SSSR count). The van der Waals surface area contributed by atoms with Gasteiger partial charge in [0.05, 0.1) is 11.3 Å². The number of hydrogen-bond acceptors (Lipinski definition) is 5. The molecule has 23 heavy (non-hydrogen) atoms.